The number of non-ortho nitro benzene ring substituents is 1. The van der Waals surface area contributed by atoms with Gasteiger partial charge in [0.25, 0.3) is 11.6 Å². The zero-order chi connectivity index (χ0) is 21.4. The van der Waals surface area contributed by atoms with Crippen molar-refractivity contribution in [3.63, 3.8) is 0 Å². The van der Waals surface area contributed by atoms with Crippen LogP contribution in [-0.2, 0) is 4.74 Å². The maximum atomic E-state index is 12.7. The summed E-state index contributed by atoms with van der Waals surface area (Å²) in [5.41, 5.74) is 0.702. The molecule has 0 saturated heterocycles. The van der Waals surface area contributed by atoms with Gasteiger partial charge in [-0.15, -0.1) is 0 Å². The number of nitrogens with zero attached hydrogens (tertiary/aromatic N) is 2. The fraction of sp³-hybridized carbons (Fsp3) is 0.333. The maximum absolute atomic E-state index is 12.7. The van der Waals surface area contributed by atoms with Crippen LogP contribution in [0.1, 0.15) is 46.2 Å². The van der Waals surface area contributed by atoms with Gasteiger partial charge < -0.3 is 10.1 Å². The van der Waals surface area contributed by atoms with E-state index in [2.05, 4.69) is 15.0 Å². The number of ether oxygens (including phenoxy) is 1. The van der Waals surface area contributed by atoms with Gasteiger partial charge in [-0.3, -0.25) is 19.8 Å². The van der Waals surface area contributed by atoms with E-state index in [4.69, 9.17) is 0 Å². The first kappa shape index (κ1) is 22.0. The number of carbonyl (C=O) groups is 2. The number of amides is 1. The normalized spacial score (nSPS) is 11.7. The third-order valence-electron chi connectivity index (χ3n) is 4.71. The van der Waals surface area contributed by atoms with Crippen molar-refractivity contribution in [3.05, 3.63) is 75.3 Å². The summed E-state index contributed by atoms with van der Waals surface area (Å²) < 4.78 is 4.62. The van der Waals surface area contributed by atoms with Gasteiger partial charge in [-0.1, -0.05) is 44.2 Å². The minimum atomic E-state index is -0.743. The number of nitro groups is 1. The topological polar surface area (TPSA) is 102 Å². The minimum absolute atomic E-state index is 0.0333. The van der Waals surface area contributed by atoms with E-state index in [1.165, 1.54) is 13.2 Å². The van der Waals surface area contributed by atoms with Crippen LogP contribution in [0.5, 0.6) is 0 Å². The molecule has 1 N–H and O–H groups in total. The standard InChI is InChI=1S/C21H25N3O5/c1-4-23(5-2)19(15-9-7-6-8-10-15)14-22-20(25)16-11-17(21(26)29-3)13-18(12-16)24(27)28/h6-13,19H,4-5,14H2,1-3H3,(H,22,25). The zero-order valence-electron chi connectivity index (χ0n) is 16.8. The molecule has 0 radical (unpaired) electrons. The second kappa shape index (κ2) is 10.3. The smallest absolute Gasteiger partial charge is 0.338 e. The van der Waals surface area contributed by atoms with Crippen molar-refractivity contribution in [2.75, 3.05) is 26.7 Å². The Morgan fingerprint density at radius 3 is 2.28 bits per heavy atom. The summed E-state index contributed by atoms with van der Waals surface area (Å²) in [6, 6.07) is 13.3. The van der Waals surface area contributed by atoms with E-state index >= 15 is 0 Å². The van der Waals surface area contributed by atoms with Crippen LogP contribution in [0.25, 0.3) is 0 Å². The number of benzene rings is 2. The van der Waals surface area contributed by atoms with Gasteiger partial charge in [0.15, 0.2) is 0 Å². The van der Waals surface area contributed by atoms with Crippen LogP contribution < -0.4 is 5.32 Å². The summed E-state index contributed by atoms with van der Waals surface area (Å²) in [5, 5.41) is 14.0. The van der Waals surface area contributed by atoms with E-state index in [0.717, 1.165) is 30.8 Å². The number of methoxy groups -OCH3 is 1. The number of hydrogen-bond donors (Lipinski definition) is 1. The molecule has 2 aromatic rings. The Kier molecular flexibility index (Phi) is 7.85. The van der Waals surface area contributed by atoms with Gasteiger partial charge in [0, 0.05) is 24.2 Å². The fourth-order valence-corrected chi connectivity index (χ4v) is 3.17. The van der Waals surface area contributed by atoms with Gasteiger partial charge in [-0.25, -0.2) is 4.79 Å². The summed E-state index contributed by atoms with van der Waals surface area (Å²) in [6.07, 6.45) is 0. The van der Waals surface area contributed by atoms with Crippen LogP contribution >= 0.6 is 0 Å². The van der Waals surface area contributed by atoms with Crippen molar-refractivity contribution in [3.8, 4) is 0 Å². The molecule has 1 unspecified atom stereocenters. The minimum Gasteiger partial charge on any atom is -0.465 e. The highest BCUT2D eigenvalue weighted by Gasteiger charge is 2.21. The van der Waals surface area contributed by atoms with Crippen LogP contribution in [-0.4, -0.2) is 48.4 Å². The summed E-state index contributed by atoms with van der Waals surface area (Å²) in [5.74, 6) is -1.24. The van der Waals surface area contributed by atoms with E-state index in [1.807, 2.05) is 44.2 Å². The lowest BCUT2D eigenvalue weighted by molar-refractivity contribution is -0.384. The van der Waals surface area contributed by atoms with Crippen molar-refractivity contribution < 1.29 is 19.2 Å². The van der Waals surface area contributed by atoms with E-state index < -0.39 is 16.8 Å². The average Bonchev–Trinajstić information content (AvgIpc) is 2.76. The van der Waals surface area contributed by atoms with Gasteiger partial charge in [0.05, 0.1) is 23.6 Å². The SMILES string of the molecule is CCN(CC)C(CNC(=O)c1cc(C(=O)OC)cc([N+](=O)[O-])c1)c1ccccc1. The highest BCUT2D eigenvalue weighted by Crippen LogP contribution is 2.21. The van der Waals surface area contributed by atoms with E-state index in [9.17, 15) is 19.7 Å². The Bertz CT molecular complexity index is 866. The van der Waals surface area contributed by atoms with Crippen LogP contribution in [0.3, 0.4) is 0 Å². The van der Waals surface area contributed by atoms with Crippen LogP contribution in [0.15, 0.2) is 48.5 Å². The predicted molar refractivity (Wildman–Crippen MR) is 109 cm³/mol. The monoisotopic (exact) mass is 399 g/mol. The lowest BCUT2D eigenvalue weighted by Crippen LogP contribution is -2.38. The second-order valence-corrected chi connectivity index (χ2v) is 6.37. The molecule has 2 aromatic carbocycles. The molecular weight excluding hydrogens is 374 g/mol. The first-order valence-electron chi connectivity index (χ1n) is 9.36. The number of rotatable bonds is 9. The molecule has 0 heterocycles. The first-order valence-corrected chi connectivity index (χ1v) is 9.36. The van der Waals surface area contributed by atoms with E-state index in [1.54, 1.807) is 0 Å². The lowest BCUT2D eigenvalue weighted by Gasteiger charge is -2.30. The average molecular weight is 399 g/mol. The molecule has 1 atom stereocenters. The molecule has 0 saturated carbocycles. The van der Waals surface area contributed by atoms with E-state index in [-0.39, 0.29) is 22.9 Å². The molecule has 0 bridgehead atoms. The highest BCUT2D eigenvalue weighted by atomic mass is 16.6. The maximum Gasteiger partial charge on any atom is 0.338 e. The van der Waals surface area contributed by atoms with Crippen molar-refractivity contribution >= 4 is 17.6 Å². The Labute approximate surface area is 169 Å². The molecule has 1 amide bonds. The van der Waals surface area contributed by atoms with Crippen molar-refractivity contribution in [2.45, 2.75) is 19.9 Å². The molecule has 0 spiro atoms. The van der Waals surface area contributed by atoms with Gasteiger partial charge >= 0.3 is 5.97 Å². The molecular formula is C21H25N3O5. The van der Waals surface area contributed by atoms with Crippen molar-refractivity contribution in [1.29, 1.82) is 0 Å². The Morgan fingerprint density at radius 2 is 1.72 bits per heavy atom. The van der Waals surface area contributed by atoms with Crippen molar-refractivity contribution in [2.24, 2.45) is 0 Å². The molecule has 8 heteroatoms. The van der Waals surface area contributed by atoms with Crippen LogP contribution in [0.4, 0.5) is 5.69 Å². The fourth-order valence-electron chi connectivity index (χ4n) is 3.17. The highest BCUT2D eigenvalue weighted by molar-refractivity contribution is 5.99. The Morgan fingerprint density at radius 1 is 1.10 bits per heavy atom. The number of nitro benzene ring substituents is 1. The van der Waals surface area contributed by atoms with Crippen LogP contribution in [0.2, 0.25) is 0 Å². The largest absolute Gasteiger partial charge is 0.465 e. The summed E-state index contributed by atoms with van der Waals surface area (Å²) in [7, 11) is 1.18. The Hall–Kier alpha value is -3.26. The number of hydrogen-bond acceptors (Lipinski definition) is 6. The quantitative estimate of drug-likeness (QED) is 0.395. The molecule has 0 aliphatic heterocycles. The summed E-state index contributed by atoms with van der Waals surface area (Å²) in [6.45, 7) is 6.01. The molecule has 0 aliphatic carbocycles. The van der Waals surface area contributed by atoms with Gasteiger partial charge in [0.1, 0.15) is 0 Å². The van der Waals surface area contributed by atoms with Gasteiger partial charge in [-0.2, -0.15) is 0 Å². The number of nitrogens with one attached hydrogen (secondary N) is 1. The third-order valence-corrected chi connectivity index (χ3v) is 4.71. The molecule has 8 nitrogen and oxygen atoms in total. The van der Waals surface area contributed by atoms with E-state index in [0.29, 0.717) is 6.54 Å². The van der Waals surface area contributed by atoms with Crippen LogP contribution in [0, 0.1) is 10.1 Å². The molecule has 0 fully saturated rings. The Balaban J connectivity index is 2.26. The summed E-state index contributed by atoms with van der Waals surface area (Å²) >= 11 is 0. The predicted octanol–water partition coefficient (Wildman–Crippen LogP) is 3.19. The number of esters is 1. The number of carbonyl (C=O) groups excluding carboxylic acids is 2. The lowest BCUT2D eigenvalue weighted by atomic mass is 10.0. The molecule has 0 aromatic heterocycles. The first-order chi connectivity index (χ1) is 13.9. The number of likely N-dealkylation sites (N-methyl/N-ethyl adjacent to an activating group) is 1. The molecule has 154 valence electrons. The van der Waals surface area contributed by atoms with Gasteiger partial charge in [-0.05, 0) is 24.7 Å². The molecule has 0 aliphatic rings. The molecule has 29 heavy (non-hydrogen) atoms. The molecule has 2 rings (SSSR count). The van der Waals surface area contributed by atoms with Crippen molar-refractivity contribution in [1.82, 2.24) is 10.2 Å². The summed E-state index contributed by atoms with van der Waals surface area (Å²) in [4.78, 5) is 37.2. The zero-order valence-corrected chi connectivity index (χ0v) is 16.8. The second-order valence-electron chi connectivity index (χ2n) is 6.37. The van der Waals surface area contributed by atoms with Gasteiger partial charge in [0.2, 0.25) is 0 Å². The third kappa shape index (κ3) is 5.61.